The lowest BCUT2D eigenvalue weighted by molar-refractivity contribution is -0.168. The molecule has 0 aliphatic carbocycles. The Morgan fingerprint density at radius 1 is 1.07 bits per heavy atom. The van der Waals surface area contributed by atoms with Crippen LogP contribution in [0.4, 0.5) is 0 Å². The van der Waals surface area contributed by atoms with Crippen LogP contribution in [0.5, 0.6) is 0 Å². The molecule has 0 aliphatic heterocycles. The van der Waals surface area contributed by atoms with Crippen LogP contribution < -0.4 is 5.73 Å². The van der Waals surface area contributed by atoms with Gasteiger partial charge in [-0.25, -0.2) is 9.59 Å². The SMILES string of the molecule is CCOC(=O)C(N)(C(=O)OC(C)(C)C)C(=O)c1ccc(CS(=O)(=O)O)cc1. The molecule has 0 fully saturated rings. The fraction of sp³-hybridized carbons (Fsp3) is 0.471. The summed E-state index contributed by atoms with van der Waals surface area (Å²) in [6, 6.07) is 4.88. The third kappa shape index (κ3) is 6.12. The highest BCUT2D eigenvalue weighted by Gasteiger charge is 2.53. The predicted octanol–water partition coefficient (Wildman–Crippen LogP) is 0.859. The van der Waals surface area contributed by atoms with E-state index in [0.29, 0.717) is 0 Å². The van der Waals surface area contributed by atoms with Gasteiger partial charge in [0.05, 0.1) is 6.61 Å². The lowest BCUT2D eigenvalue weighted by Gasteiger charge is -2.28. The van der Waals surface area contributed by atoms with Crippen LogP contribution in [0.15, 0.2) is 24.3 Å². The Hall–Kier alpha value is -2.30. The fourth-order valence-corrected chi connectivity index (χ4v) is 2.68. The molecule has 1 aromatic rings. The van der Waals surface area contributed by atoms with E-state index in [-0.39, 0.29) is 17.7 Å². The van der Waals surface area contributed by atoms with E-state index < -0.39 is 44.7 Å². The third-order valence-electron chi connectivity index (χ3n) is 3.24. The van der Waals surface area contributed by atoms with Gasteiger partial charge < -0.3 is 9.47 Å². The van der Waals surface area contributed by atoms with Gasteiger partial charge in [0.2, 0.25) is 5.78 Å². The van der Waals surface area contributed by atoms with Gasteiger partial charge in [-0.2, -0.15) is 8.42 Å². The fourth-order valence-electron chi connectivity index (χ4n) is 2.06. The van der Waals surface area contributed by atoms with E-state index in [1.165, 1.54) is 31.2 Å². The minimum absolute atomic E-state index is 0.110. The van der Waals surface area contributed by atoms with Gasteiger partial charge in [0.25, 0.3) is 15.7 Å². The van der Waals surface area contributed by atoms with Gasteiger partial charge in [-0.1, -0.05) is 24.3 Å². The maximum absolute atomic E-state index is 12.8. The van der Waals surface area contributed by atoms with Crippen LogP contribution >= 0.6 is 0 Å². The molecule has 9 nitrogen and oxygen atoms in total. The number of rotatable bonds is 7. The number of nitrogens with two attached hydrogens (primary N) is 1. The van der Waals surface area contributed by atoms with Crippen molar-refractivity contribution in [3.8, 4) is 0 Å². The summed E-state index contributed by atoms with van der Waals surface area (Å²) in [7, 11) is -4.25. The molecule has 0 radical (unpaired) electrons. The van der Waals surface area contributed by atoms with Gasteiger partial charge in [0.1, 0.15) is 11.4 Å². The topological polar surface area (TPSA) is 150 Å². The molecule has 10 heteroatoms. The molecule has 0 heterocycles. The first-order valence-corrected chi connectivity index (χ1v) is 9.60. The van der Waals surface area contributed by atoms with Crippen LogP contribution in [0, 0.1) is 0 Å². The maximum atomic E-state index is 12.8. The number of Topliss-reactive ketones (excluding diaryl/α,β-unsaturated/α-hetero) is 1. The Morgan fingerprint density at radius 3 is 2.00 bits per heavy atom. The number of hydrogen-bond donors (Lipinski definition) is 2. The highest BCUT2D eigenvalue weighted by molar-refractivity contribution is 7.85. The molecule has 1 rings (SSSR count). The molecule has 27 heavy (non-hydrogen) atoms. The summed E-state index contributed by atoms with van der Waals surface area (Å²) in [6.45, 7) is 6.02. The zero-order chi connectivity index (χ0) is 21.0. The third-order valence-corrected chi connectivity index (χ3v) is 3.94. The van der Waals surface area contributed by atoms with Gasteiger partial charge in [-0.15, -0.1) is 0 Å². The van der Waals surface area contributed by atoms with E-state index in [9.17, 15) is 22.8 Å². The molecule has 1 unspecified atom stereocenters. The minimum atomic E-state index is -4.25. The van der Waals surface area contributed by atoms with Crippen molar-refractivity contribution in [2.24, 2.45) is 5.73 Å². The Kier molecular flexibility index (Phi) is 6.87. The lowest BCUT2D eigenvalue weighted by Crippen LogP contribution is -2.63. The lowest BCUT2D eigenvalue weighted by atomic mass is 9.89. The number of carbonyl (C=O) groups excluding carboxylic acids is 3. The number of ether oxygens (including phenoxy) is 2. The number of benzene rings is 1. The highest BCUT2D eigenvalue weighted by atomic mass is 32.2. The van der Waals surface area contributed by atoms with Crippen molar-refractivity contribution in [1.29, 1.82) is 0 Å². The molecule has 1 atom stereocenters. The van der Waals surface area contributed by atoms with E-state index in [2.05, 4.69) is 0 Å². The van der Waals surface area contributed by atoms with Crippen LogP contribution in [-0.2, 0) is 34.9 Å². The second kappa shape index (κ2) is 8.15. The smallest absolute Gasteiger partial charge is 0.346 e. The Balaban J connectivity index is 3.27. The zero-order valence-electron chi connectivity index (χ0n) is 15.5. The van der Waals surface area contributed by atoms with Crippen LogP contribution in [-0.4, -0.2) is 48.4 Å². The normalized spacial score (nSPS) is 14.1. The van der Waals surface area contributed by atoms with Crippen LogP contribution in [0.3, 0.4) is 0 Å². The molecule has 0 spiro atoms. The molecule has 0 saturated heterocycles. The molecule has 0 saturated carbocycles. The van der Waals surface area contributed by atoms with E-state index in [0.717, 1.165) is 0 Å². The van der Waals surface area contributed by atoms with Crippen molar-refractivity contribution < 1.29 is 36.8 Å². The van der Waals surface area contributed by atoms with E-state index in [1.54, 1.807) is 20.8 Å². The monoisotopic (exact) mass is 401 g/mol. The van der Waals surface area contributed by atoms with Crippen molar-refractivity contribution in [2.45, 2.75) is 44.6 Å². The number of esters is 2. The highest BCUT2D eigenvalue weighted by Crippen LogP contribution is 2.20. The summed E-state index contributed by atoms with van der Waals surface area (Å²) in [4.78, 5) is 37.6. The first-order chi connectivity index (χ1) is 12.2. The van der Waals surface area contributed by atoms with Crippen LogP contribution in [0.2, 0.25) is 0 Å². The maximum Gasteiger partial charge on any atom is 0.346 e. The minimum Gasteiger partial charge on any atom is -0.464 e. The largest absolute Gasteiger partial charge is 0.464 e. The van der Waals surface area contributed by atoms with Crippen molar-refractivity contribution in [3.05, 3.63) is 35.4 Å². The molecule has 0 bridgehead atoms. The first-order valence-electron chi connectivity index (χ1n) is 7.99. The van der Waals surface area contributed by atoms with Crippen molar-refractivity contribution >= 4 is 27.8 Å². The Morgan fingerprint density at radius 2 is 1.59 bits per heavy atom. The summed E-state index contributed by atoms with van der Waals surface area (Å²) in [6.07, 6.45) is 0. The molecule has 0 aliphatic rings. The van der Waals surface area contributed by atoms with E-state index in [4.69, 9.17) is 19.8 Å². The van der Waals surface area contributed by atoms with Crippen LogP contribution in [0.1, 0.15) is 43.6 Å². The first kappa shape index (κ1) is 22.7. The second-order valence-electron chi connectivity index (χ2n) is 6.78. The molecule has 1 aromatic carbocycles. The van der Waals surface area contributed by atoms with E-state index in [1.807, 2.05) is 0 Å². The molecule has 0 amide bonds. The van der Waals surface area contributed by atoms with Gasteiger partial charge in [0, 0.05) is 5.56 Å². The van der Waals surface area contributed by atoms with Gasteiger partial charge in [-0.3, -0.25) is 15.1 Å². The van der Waals surface area contributed by atoms with Gasteiger partial charge in [-0.05, 0) is 33.3 Å². The predicted molar refractivity (Wildman–Crippen MR) is 95.4 cm³/mol. The van der Waals surface area contributed by atoms with Gasteiger partial charge >= 0.3 is 11.9 Å². The number of hydrogen-bond acceptors (Lipinski definition) is 8. The zero-order valence-corrected chi connectivity index (χ0v) is 16.3. The summed E-state index contributed by atoms with van der Waals surface area (Å²) >= 11 is 0. The second-order valence-corrected chi connectivity index (χ2v) is 8.24. The van der Waals surface area contributed by atoms with E-state index >= 15 is 0 Å². The van der Waals surface area contributed by atoms with Gasteiger partial charge in [0.15, 0.2) is 0 Å². The standard InChI is InChI=1S/C17H23NO8S/c1-5-25-14(20)17(18,15(21)26-16(2,3)4)13(19)12-8-6-11(7-9-12)10-27(22,23)24/h6-9H,5,10,18H2,1-4H3,(H,22,23,24). The summed E-state index contributed by atoms with van der Waals surface area (Å²) in [5.41, 5.74) is 2.21. The van der Waals surface area contributed by atoms with Crippen LogP contribution in [0.25, 0.3) is 0 Å². The molecule has 150 valence electrons. The molecular formula is C17H23NO8S. The summed E-state index contributed by atoms with van der Waals surface area (Å²) in [5, 5.41) is 0. The Bertz CT molecular complexity index is 823. The molecule has 0 aromatic heterocycles. The molecule has 3 N–H and O–H groups in total. The summed E-state index contributed by atoms with van der Waals surface area (Å²) < 4.78 is 40.6. The Labute approximate surface area is 157 Å². The summed E-state index contributed by atoms with van der Waals surface area (Å²) in [5.74, 6) is -4.24. The van der Waals surface area contributed by atoms with Crippen molar-refractivity contribution in [3.63, 3.8) is 0 Å². The van der Waals surface area contributed by atoms with Crippen molar-refractivity contribution in [1.82, 2.24) is 0 Å². The molecular weight excluding hydrogens is 378 g/mol. The number of carbonyl (C=O) groups is 3. The number of ketones is 1. The average Bonchev–Trinajstić information content (AvgIpc) is 2.51. The quantitative estimate of drug-likeness (QED) is 0.293. The average molecular weight is 401 g/mol. The van der Waals surface area contributed by atoms with Crippen molar-refractivity contribution in [2.75, 3.05) is 6.61 Å².